The number of aryl methyl sites for hydroxylation is 1. The van der Waals surface area contributed by atoms with Crippen LogP contribution in [0, 0.1) is 5.92 Å². The van der Waals surface area contributed by atoms with Crippen molar-refractivity contribution in [3.8, 4) is 0 Å². The van der Waals surface area contributed by atoms with E-state index in [9.17, 15) is 14.4 Å². The van der Waals surface area contributed by atoms with Crippen LogP contribution in [0.4, 0.5) is 5.95 Å². The van der Waals surface area contributed by atoms with Gasteiger partial charge >= 0.3 is 5.69 Å². The van der Waals surface area contributed by atoms with Crippen molar-refractivity contribution in [3.63, 3.8) is 0 Å². The van der Waals surface area contributed by atoms with E-state index in [1.807, 2.05) is 33.7 Å². The predicted molar refractivity (Wildman–Crippen MR) is 139 cm³/mol. The van der Waals surface area contributed by atoms with Gasteiger partial charge < -0.3 is 9.80 Å². The van der Waals surface area contributed by atoms with Crippen LogP contribution in [-0.4, -0.2) is 55.7 Å². The Hall–Kier alpha value is -2.88. The van der Waals surface area contributed by atoms with Crippen LogP contribution in [0.25, 0.3) is 11.2 Å². The number of nitrogens with zero attached hydrogens (tertiary/aromatic N) is 6. The van der Waals surface area contributed by atoms with Gasteiger partial charge in [-0.05, 0) is 36.5 Å². The Morgan fingerprint density at radius 3 is 2.31 bits per heavy atom. The molecular formula is C25H31BrN6O3. The van der Waals surface area contributed by atoms with Crippen molar-refractivity contribution in [3.05, 3.63) is 55.1 Å². The van der Waals surface area contributed by atoms with E-state index in [0.717, 1.165) is 14.6 Å². The molecule has 35 heavy (non-hydrogen) atoms. The number of aromatic nitrogens is 4. The van der Waals surface area contributed by atoms with Crippen LogP contribution in [0.15, 0.2) is 38.3 Å². The minimum absolute atomic E-state index is 0.246. The summed E-state index contributed by atoms with van der Waals surface area (Å²) in [5, 5.41) is 0. The van der Waals surface area contributed by atoms with E-state index >= 15 is 0 Å². The maximum Gasteiger partial charge on any atom is 0.332 e. The quantitative estimate of drug-likeness (QED) is 0.494. The molecule has 2 fully saturated rings. The molecule has 186 valence electrons. The molecule has 1 saturated heterocycles. The van der Waals surface area contributed by atoms with Crippen LogP contribution in [0.3, 0.4) is 0 Å². The van der Waals surface area contributed by atoms with E-state index in [2.05, 4.69) is 20.8 Å². The molecule has 1 amide bonds. The van der Waals surface area contributed by atoms with Crippen LogP contribution < -0.4 is 16.1 Å². The van der Waals surface area contributed by atoms with Gasteiger partial charge in [0.2, 0.25) is 11.9 Å². The third kappa shape index (κ3) is 4.55. The summed E-state index contributed by atoms with van der Waals surface area (Å²) in [6, 6.07) is 7.95. The van der Waals surface area contributed by atoms with Gasteiger partial charge in [0.1, 0.15) is 0 Å². The molecule has 0 radical (unpaired) electrons. The summed E-state index contributed by atoms with van der Waals surface area (Å²) < 4.78 is 5.45. The molecule has 9 nitrogen and oxygen atoms in total. The smallest absolute Gasteiger partial charge is 0.332 e. The van der Waals surface area contributed by atoms with Crippen molar-refractivity contribution < 1.29 is 4.79 Å². The lowest BCUT2D eigenvalue weighted by Crippen LogP contribution is -2.49. The van der Waals surface area contributed by atoms with Gasteiger partial charge in [-0.3, -0.25) is 23.3 Å². The molecule has 2 aliphatic rings. The average molecular weight is 543 g/mol. The Kier molecular flexibility index (Phi) is 6.57. The van der Waals surface area contributed by atoms with Crippen LogP contribution in [0.1, 0.15) is 37.7 Å². The number of halogens is 1. The molecule has 0 atom stereocenters. The zero-order valence-electron chi connectivity index (χ0n) is 20.2. The third-order valence-corrected chi connectivity index (χ3v) is 7.96. The number of amides is 1. The van der Waals surface area contributed by atoms with Gasteiger partial charge in [0.25, 0.3) is 5.56 Å². The van der Waals surface area contributed by atoms with Crippen LogP contribution in [-0.2, 0) is 25.4 Å². The summed E-state index contributed by atoms with van der Waals surface area (Å²) in [5.41, 5.74) is 1.06. The summed E-state index contributed by atoms with van der Waals surface area (Å²) in [7, 11) is 3.14. The number of piperazine rings is 1. The molecule has 0 unspecified atom stereocenters. The Morgan fingerprint density at radius 2 is 1.66 bits per heavy atom. The number of anilines is 1. The van der Waals surface area contributed by atoms with Crippen molar-refractivity contribution in [1.82, 2.24) is 23.6 Å². The SMILES string of the molecule is Cn1c(=O)c2c(nc(N3CCN(C(=O)CC4CCCC4)CC3)n2Cc2ccc(Br)cc2)n(C)c1=O. The molecule has 1 saturated carbocycles. The van der Waals surface area contributed by atoms with E-state index < -0.39 is 5.69 Å². The fraction of sp³-hybridized carbons (Fsp3) is 0.520. The molecule has 5 rings (SSSR count). The zero-order valence-corrected chi connectivity index (χ0v) is 21.8. The van der Waals surface area contributed by atoms with Gasteiger partial charge in [0.05, 0.1) is 6.54 Å². The molecule has 0 N–H and O–H groups in total. The summed E-state index contributed by atoms with van der Waals surface area (Å²) in [5.74, 6) is 1.44. The van der Waals surface area contributed by atoms with Gasteiger partial charge in [-0.25, -0.2) is 4.79 Å². The number of carbonyl (C=O) groups excluding carboxylic acids is 1. The molecule has 1 aliphatic heterocycles. The first kappa shape index (κ1) is 23.8. The molecule has 1 aromatic carbocycles. The first-order valence-corrected chi connectivity index (χ1v) is 13.1. The summed E-state index contributed by atoms with van der Waals surface area (Å²) in [6.07, 6.45) is 5.46. The van der Waals surface area contributed by atoms with Crippen molar-refractivity contribution >= 4 is 38.9 Å². The molecule has 3 aromatic rings. The largest absolute Gasteiger partial charge is 0.339 e. The van der Waals surface area contributed by atoms with Gasteiger partial charge in [-0.15, -0.1) is 0 Å². The summed E-state index contributed by atoms with van der Waals surface area (Å²) in [6.45, 7) is 2.98. The van der Waals surface area contributed by atoms with Gasteiger partial charge in [-0.2, -0.15) is 4.98 Å². The minimum atomic E-state index is -0.398. The van der Waals surface area contributed by atoms with Crippen molar-refractivity contribution in [2.24, 2.45) is 20.0 Å². The molecule has 10 heteroatoms. The van der Waals surface area contributed by atoms with E-state index in [4.69, 9.17) is 4.98 Å². The second-order valence-electron chi connectivity index (χ2n) is 9.72. The minimum Gasteiger partial charge on any atom is -0.339 e. The Balaban J connectivity index is 1.46. The standard InChI is InChI=1S/C25H31BrN6O3/c1-28-22-21(23(34)29(2)25(28)35)32(16-18-7-9-19(26)10-8-18)24(27-22)31-13-11-30(12-14-31)20(33)15-17-5-3-4-6-17/h7-10,17H,3-6,11-16H2,1-2H3. The Morgan fingerprint density at radius 1 is 1.00 bits per heavy atom. The highest BCUT2D eigenvalue weighted by Crippen LogP contribution is 2.29. The second-order valence-corrected chi connectivity index (χ2v) is 10.6. The van der Waals surface area contributed by atoms with Crippen molar-refractivity contribution in [2.45, 2.75) is 38.6 Å². The average Bonchev–Trinajstić information content (AvgIpc) is 3.51. The van der Waals surface area contributed by atoms with E-state index in [1.165, 1.54) is 37.3 Å². The van der Waals surface area contributed by atoms with E-state index in [1.54, 1.807) is 7.05 Å². The van der Waals surface area contributed by atoms with Gasteiger partial charge in [-0.1, -0.05) is 40.9 Å². The number of rotatable bonds is 5. The molecule has 3 heterocycles. The lowest BCUT2D eigenvalue weighted by molar-refractivity contribution is -0.132. The molecule has 1 aliphatic carbocycles. The van der Waals surface area contributed by atoms with Gasteiger partial charge in [0.15, 0.2) is 11.2 Å². The number of hydrogen-bond acceptors (Lipinski definition) is 5. The highest BCUT2D eigenvalue weighted by Gasteiger charge is 2.28. The number of benzene rings is 1. The van der Waals surface area contributed by atoms with E-state index in [0.29, 0.717) is 62.2 Å². The number of carbonyl (C=O) groups is 1. The number of hydrogen-bond donors (Lipinski definition) is 0. The topological polar surface area (TPSA) is 85.4 Å². The second kappa shape index (κ2) is 9.64. The molecule has 0 spiro atoms. The van der Waals surface area contributed by atoms with Gasteiger partial charge in [0, 0.05) is 51.2 Å². The van der Waals surface area contributed by atoms with Crippen LogP contribution in [0.2, 0.25) is 0 Å². The maximum atomic E-state index is 13.2. The molecule has 2 aromatic heterocycles. The molecular weight excluding hydrogens is 512 g/mol. The third-order valence-electron chi connectivity index (χ3n) is 7.44. The van der Waals surface area contributed by atoms with Crippen LogP contribution in [0.5, 0.6) is 0 Å². The lowest BCUT2D eigenvalue weighted by Gasteiger charge is -2.36. The Bertz CT molecular complexity index is 1360. The number of imidazole rings is 1. The number of fused-ring (bicyclic) bond motifs is 1. The van der Waals surface area contributed by atoms with Crippen LogP contribution >= 0.6 is 15.9 Å². The van der Waals surface area contributed by atoms with E-state index in [-0.39, 0.29) is 11.5 Å². The van der Waals surface area contributed by atoms with Crippen molar-refractivity contribution in [2.75, 3.05) is 31.1 Å². The fourth-order valence-electron chi connectivity index (χ4n) is 5.34. The normalized spacial score (nSPS) is 17.0. The maximum absolute atomic E-state index is 13.2. The summed E-state index contributed by atoms with van der Waals surface area (Å²) in [4.78, 5) is 47.5. The lowest BCUT2D eigenvalue weighted by atomic mass is 10.0. The predicted octanol–water partition coefficient (Wildman–Crippen LogP) is 2.47. The Labute approximate surface area is 212 Å². The monoisotopic (exact) mass is 542 g/mol. The summed E-state index contributed by atoms with van der Waals surface area (Å²) >= 11 is 3.47. The zero-order chi connectivity index (χ0) is 24.7. The highest BCUT2D eigenvalue weighted by atomic mass is 79.9. The molecule has 0 bridgehead atoms. The first-order chi connectivity index (χ1) is 16.8. The fourth-order valence-corrected chi connectivity index (χ4v) is 5.61. The highest BCUT2D eigenvalue weighted by molar-refractivity contribution is 9.10. The first-order valence-electron chi connectivity index (χ1n) is 12.3. The van der Waals surface area contributed by atoms with Crippen molar-refractivity contribution in [1.29, 1.82) is 0 Å².